The number of aromatic nitrogens is 2. The number of hydrogen-bond donors (Lipinski definition) is 2. The van der Waals surface area contributed by atoms with Gasteiger partial charge in [0.1, 0.15) is 11.5 Å². The third-order valence-electron chi connectivity index (χ3n) is 6.02. The molecule has 148 valence electrons. The van der Waals surface area contributed by atoms with Crippen LogP contribution in [0.4, 0.5) is 5.82 Å². The van der Waals surface area contributed by atoms with Gasteiger partial charge >= 0.3 is 5.97 Å². The number of H-pyrrole nitrogens is 1. The Morgan fingerprint density at radius 1 is 1.26 bits per heavy atom. The number of hydrogen-bond acceptors (Lipinski definition) is 5. The van der Waals surface area contributed by atoms with Gasteiger partial charge in [0.15, 0.2) is 0 Å². The third kappa shape index (κ3) is 3.56. The second-order valence-corrected chi connectivity index (χ2v) is 7.79. The van der Waals surface area contributed by atoms with Crippen molar-refractivity contribution in [3.63, 3.8) is 0 Å². The Labute approximate surface area is 161 Å². The van der Waals surface area contributed by atoms with Crippen molar-refractivity contribution < 1.29 is 17.2 Å². The quantitative estimate of drug-likeness (QED) is 0.804. The van der Waals surface area contributed by atoms with E-state index in [-0.39, 0.29) is 26.6 Å². The number of nitrogens with zero attached hydrogens (tertiary/aromatic N) is 2. The maximum atomic E-state index is 12.5. The molecule has 1 amide bonds. The van der Waals surface area contributed by atoms with Crippen LogP contribution < -0.4 is 5.32 Å². The molecule has 0 spiro atoms. The highest BCUT2D eigenvalue weighted by Gasteiger charge is 2.37. The highest BCUT2D eigenvalue weighted by Crippen LogP contribution is 2.44. The molecule has 1 aliphatic carbocycles. The normalized spacial score (nSPS) is 23.8. The van der Waals surface area contributed by atoms with Crippen LogP contribution in [0.25, 0.3) is 11.0 Å². The summed E-state index contributed by atoms with van der Waals surface area (Å²) in [5.74, 6) is 0.934. The summed E-state index contributed by atoms with van der Waals surface area (Å²) in [5, 5.41) is 4.02. The number of nitrogens with one attached hydrogen (secondary N) is 2. The van der Waals surface area contributed by atoms with Crippen LogP contribution >= 0.6 is 0 Å². The highest BCUT2D eigenvalue weighted by atomic mass is 16.5. The Balaban J connectivity index is 0.00000150. The van der Waals surface area contributed by atoms with E-state index >= 15 is 0 Å². The Hall–Kier alpha value is -2.41. The van der Waals surface area contributed by atoms with Crippen molar-refractivity contribution in [1.29, 1.82) is 0 Å². The van der Waals surface area contributed by atoms with Gasteiger partial charge in [0, 0.05) is 20.4 Å². The maximum Gasteiger partial charge on any atom is 0.308 e. The number of anilines is 1. The number of esters is 1. The van der Waals surface area contributed by atoms with Crippen molar-refractivity contribution in [2.24, 2.45) is 11.8 Å². The lowest BCUT2D eigenvalue weighted by Crippen LogP contribution is -2.36. The van der Waals surface area contributed by atoms with Crippen molar-refractivity contribution in [2.75, 3.05) is 32.6 Å². The fourth-order valence-corrected chi connectivity index (χ4v) is 4.16. The standard InChI is InChI=1S/C20H26N4O3.2H2/c1-24-7-5-12(6-8-24)19(25)23-17-4-3-15-16(11-21-18(15)22-17)13-9-14(10-13)20(26)27-2;;/h3-4,11-14H,5-10H2,1-2H3,(H2,21,22,23,25);2*1H. The summed E-state index contributed by atoms with van der Waals surface area (Å²) >= 11 is 0. The lowest BCUT2D eigenvalue weighted by atomic mass is 9.71. The first kappa shape index (κ1) is 18.0. The Morgan fingerprint density at radius 3 is 2.70 bits per heavy atom. The molecule has 0 aromatic carbocycles. The van der Waals surface area contributed by atoms with Gasteiger partial charge < -0.3 is 19.9 Å². The van der Waals surface area contributed by atoms with E-state index < -0.39 is 0 Å². The number of aromatic amines is 1. The summed E-state index contributed by atoms with van der Waals surface area (Å²) in [4.78, 5) is 34.1. The van der Waals surface area contributed by atoms with Crippen molar-refractivity contribution in [1.82, 2.24) is 14.9 Å². The average molecular weight is 374 g/mol. The molecule has 7 heteroatoms. The molecule has 2 fully saturated rings. The van der Waals surface area contributed by atoms with E-state index in [1.807, 2.05) is 18.3 Å². The molecule has 2 N–H and O–H groups in total. The molecule has 2 aliphatic rings. The molecule has 27 heavy (non-hydrogen) atoms. The Morgan fingerprint density at radius 2 is 2.00 bits per heavy atom. The van der Waals surface area contributed by atoms with Gasteiger partial charge in [-0.2, -0.15) is 0 Å². The van der Waals surface area contributed by atoms with E-state index in [0.717, 1.165) is 49.8 Å². The van der Waals surface area contributed by atoms with Crippen LogP contribution in [0.15, 0.2) is 18.3 Å². The number of ether oxygens (including phenoxy) is 1. The van der Waals surface area contributed by atoms with E-state index in [0.29, 0.717) is 11.7 Å². The van der Waals surface area contributed by atoms with Crippen molar-refractivity contribution in [3.05, 3.63) is 23.9 Å². The first-order chi connectivity index (χ1) is 13.0. The van der Waals surface area contributed by atoms with Crippen molar-refractivity contribution in [3.8, 4) is 0 Å². The lowest BCUT2D eigenvalue weighted by molar-refractivity contribution is -0.148. The number of rotatable bonds is 4. The van der Waals surface area contributed by atoms with Gasteiger partial charge in [-0.3, -0.25) is 9.59 Å². The van der Waals surface area contributed by atoms with Gasteiger partial charge in [-0.25, -0.2) is 4.98 Å². The second kappa shape index (κ2) is 7.31. The number of carbonyl (C=O) groups excluding carboxylic acids is 2. The summed E-state index contributed by atoms with van der Waals surface area (Å²) < 4.78 is 4.81. The topological polar surface area (TPSA) is 87.3 Å². The first-order valence-corrected chi connectivity index (χ1v) is 9.60. The number of piperidine rings is 1. The molecule has 7 nitrogen and oxygen atoms in total. The van der Waals surface area contributed by atoms with Gasteiger partial charge in [0.05, 0.1) is 13.0 Å². The molecule has 1 aliphatic heterocycles. The fourth-order valence-electron chi connectivity index (χ4n) is 4.16. The number of pyridine rings is 1. The van der Waals surface area contributed by atoms with Crippen LogP contribution in [0, 0.1) is 11.8 Å². The molecule has 0 bridgehead atoms. The zero-order valence-corrected chi connectivity index (χ0v) is 15.8. The summed E-state index contributed by atoms with van der Waals surface area (Å²) in [6, 6.07) is 3.87. The lowest BCUT2D eigenvalue weighted by Gasteiger charge is -2.33. The Bertz CT molecular complexity index is 859. The number of likely N-dealkylation sites (tertiary alicyclic amines) is 1. The summed E-state index contributed by atoms with van der Waals surface area (Å²) in [6.07, 6.45) is 5.38. The van der Waals surface area contributed by atoms with Crippen LogP contribution in [-0.2, 0) is 14.3 Å². The van der Waals surface area contributed by atoms with Gasteiger partial charge in [-0.15, -0.1) is 0 Å². The predicted octanol–water partition coefficient (Wildman–Crippen LogP) is 3.00. The molecule has 2 aromatic heterocycles. The third-order valence-corrected chi connectivity index (χ3v) is 6.02. The highest BCUT2D eigenvalue weighted by molar-refractivity contribution is 5.93. The van der Waals surface area contributed by atoms with E-state index in [9.17, 15) is 9.59 Å². The zero-order chi connectivity index (χ0) is 19.0. The monoisotopic (exact) mass is 374 g/mol. The van der Waals surface area contributed by atoms with Crippen molar-refractivity contribution >= 4 is 28.7 Å². The maximum absolute atomic E-state index is 12.5. The second-order valence-electron chi connectivity index (χ2n) is 7.79. The number of amides is 1. The molecule has 0 unspecified atom stereocenters. The number of methoxy groups -OCH3 is 1. The summed E-state index contributed by atoms with van der Waals surface area (Å²) in [7, 11) is 3.52. The van der Waals surface area contributed by atoms with Gasteiger partial charge in [-0.1, -0.05) is 0 Å². The molecule has 2 aromatic rings. The predicted molar refractivity (Wildman–Crippen MR) is 107 cm³/mol. The average Bonchev–Trinajstić information content (AvgIpc) is 3.03. The molecule has 1 saturated carbocycles. The SMILES string of the molecule is COC(=O)C1CC(c2c[nH]c3nc(NC(=O)C4CCN(C)CC4)ccc23)C1.[HH].[HH]. The smallest absolute Gasteiger partial charge is 0.308 e. The van der Waals surface area contributed by atoms with Gasteiger partial charge in [0.25, 0.3) is 0 Å². The van der Waals surface area contributed by atoms with E-state index in [2.05, 4.69) is 27.2 Å². The Kier molecular flexibility index (Phi) is 4.86. The largest absolute Gasteiger partial charge is 0.469 e. The fraction of sp³-hybridized carbons (Fsp3) is 0.550. The first-order valence-electron chi connectivity index (χ1n) is 9.60. The minimum absolute atomic E-state index is 0. The minimum Gasteiger partial charge on any atom is -0.469 e. The van der Waals surface area contributed by atoms with Gasteiger partial charge in [-0.05, 0) is 69.4 Å². The molecule has 1 saturated heterocycles. The van der Waals surface area contributed by atoms with Crippen LogP contribution in [0.1, 0.15) is 40.0 Å². The molecular formula is C20H30N4O3. The van der Waals surface area contributed by atoms with E-state index in [1.165, 1.54) is 12.7 Å². The number of carbonyl (C=O) groups is 2. The van der Waals surface area contributed by atoms with Crippen LogP contribution in [0.5, 0.6) is 0 Å². The number of fused-ring (bicyclic) bond motifs is 1. The summed E-state index contributed by atoms with van der Waals surface area (Å²) in [5.41, 5.74) is 1.96. The zero-order valence-electron chi connectivity index (χ0n) is 15.8. The molecule has 3 heterocycles. The molecule has 0 radical (unpaired) electrons. The van der Waals surface area contributed by atoms with Crippen LogP contribution in [0.3, 0.4) is 0 Å². The molecule has 0 atom stereocenters. The molecular weight excluding hydrogens is 344 g/mol. The van der Waals surface area contributed by atoms with E-state index in [1.54, 1.807) is 0 Å². The van der Waals surface area contributed by atoms with E-state index in [4.69, 9.17) is 4.74 Å². The minimum atomic E-state index is -0.122. The van der Waals surface area contributed by atoms with Crippen LogP contribution in [0.2, 0.25) is 0 Å². The summed E-state index contributed by atoms with van der Waals surface area (Å²) in [6.45, 7) is 1.91. The molecule has 4 rings (SSSR count). The van der Waals surface area contributed by atoms with Gasteiger partial charge in [0.2, 0.25) is 5.91 Å². The van der Waals surface area contributed by atoms with Crippen molar-refractivity contribution in [2.45, 2.75) is 31.6 Å². The van der Waals surface area contributed by atoms with Crippen LogP contribution in [-0.4, -0.2) is 54.0 Å².